The highest BCUT2D eigenvalue weighted by Crippen LogP contribution is 2.21. The van der Waals surface area contributed by atoms with Crippen LogP contribution in [0.5, 0.6) is 5.75 Å². The maximum Gasteiger partial charge on any atom is 0.387 e. The van der Waals surface area contributed by atoms with Gasteiger partial charge in [0.2, 0.25) is 5.91 Å². The molecule has 2 aromatic carbocycles. The van der Waals surface area contributed by atoms with Gasteiger partial charge in [-0.3, -0.25) is 4.79 Å². The summed E-state index contributed by atoms with van der Waals surface area (Å²) in [5, 5.41) is 2.51. The third-order valence-corrected chi connectivity index (χ3v) is 4.19. The average Bonchev–Trinajstić information content (AvgIpc) is 2.53. The highest BCUT2D eigenvalue weighted by atomic mass is 32.2. The van der Waals surface area contributed by atoms with Gasteiger partial charge in [0.1, 0.15) is 5.75 Å². The summed E-state index contributed by atoms with van der Waals surface area (Å²) in [4.78, 5) is 12.0. The van der Waals surface area contributed by atoms with Crippen LogP contribution in [-0.2, 0) is 14.6 Å². The maximum absolute atomic E-state index is 12.3. The fourth-order valence-electron chi connectivity index (χ4n) is 1.98. The van der Waals surface area contributed by atoms with E-state index in [2.05, 4.69) is 10.1 Å². The van der Waals surface area contributed by atoms with Crippen LogP contribution < -0.4 is 10.1 Å². The topological polar surface area (TPSA) is 72.5 Å². The lowest BCUT2D eigenvalue weighted by atomic mass is 10.2. The van der Waals surface area contributed by atoms with Gasteiger partial charge < -0.3 is 10.1 Å². The number of ether oxygens (including phenoxy) is 1. The molecule has 0 saturated carbocycles. The predicted molar refractivity (Wildman–Crippen MR) is 90.3 cm³/mol. The van der Waals surface area contributed by atoms with E-state index < -0.39 is 22.4 Å². The summed E-state index contributed by atoms with van der Waals surface area (Å²) in [5.41, 5.74) is 0.609. The number of alkyl halides is 2. The van der Waals surface area contributed by atoms with Crippen LogP contribution in [0.2, 0.25) is 0 Å². The number of hydrogen-bond donors (Lipinski definition) is 1. The number of hydrogen-bond acceptors (Lipinski definition) is 4. The largest absolute Gasteiger partial charge is 0.434 e. The summed E-state index contributed by atoms with van der Waals surface area (Å²) in [6, 6.07) is 11.8. The van der Waals surface area contributed by atoms with Crippen LogP contribution in [0.3, 0.4) is 0 Å². The van der Waals surface area contributed by atoms with Crippen LogP contribution in [0, 0.1) is 0 Å². The van der Waals surface area contributed by atoms with Crippen molar-refractivity contribution in [3.8, 4) is 5.75 Å². The molecule has 0 atom stereocenters. The Balaban J connectivity index is 2.12. The van der Waals surface area contributed by atoms with Gasteiger partial charge in [0.05, 0.1) is 4.90 Å². The lowest BCUT2D eigenvalue weighted by Crippen LogP contribution is -2.08. The van der Waals surface area contributed by atoms with Crippen LogP contribution in [0.4, 0.5) is 14.5 Å². The van der Waals surface area contributed by atoms with Gasteiger partial charge in [-0.1, -0.05) is 24.3 Å². The number of nitrogens with one attached hydrogen (secondary N) is 1. The lowest BCUT2D eigenvalue weighted by molar-refractivity contribution is -0.111. The highest BCUT2D eigenvalue weighted by molar-refractivity contribution is 7.90. The van der Waals surface area contributed by atoms with Crippen molar-refractivity contribution in [3.05, 3.63) is 60.2 Å². The van der Waals surface area contributed by atoms with E-state index in [1.165, 1.54) is 48.5 Å². The zero-order valence-corrected chi connectivity index (χ0v) is 14.0. The Kier molecular flexibility index (Phi) is 5.87. The second-order valence-corrected chi connectivity index (χ2v) is 7.05. The molecule has 25 heavy (non-hydrogen) atoms. The van der Waals surface area contributed by atoms with Gasteiger partial charge in [-0.25, -0.2) is 8.42 Å². The zero-order valence-electron chi connectivity index (χ0n) is 13.1. The van der Waals surface area contributed by atoms with E-state index in [0.29, 0.717) is 11.3 Å². The summed E-state index contributed by atoms with van der Waals surface area (Å²) in [6.07, 6.45) is 3.53. The molecule has 2 aromatic rings. The summed E-state index contributed by atoms with van der Waals surface area (Å²) >= 11 is 0. The number of rotatable bonds is 6. The lowest BCUT2D eigenvalue weighted by Gasteiger charge is -2.07. The Hall–Kier alpha value is -2.74. The average molecular weight is 367 g/mol. The number of anilines is 1. The monoisotopic (exact) mass is 367 g/mol. The van der Waals surface area contributed by atoms with Gasteiger partial charge in [-0.2, -0.15) is 8.78 Å². The van der Waals surface area contributed by atoms with Crippen LogP contribution in [0.15, 0.2) is 59.5 Å². The van der Waals surface area contributed by atoms with E-state index in [-0.39, 0.29) is 10.6 Å². The minimum absolute atomic E-state index is 0.0550. The molecule has 0 aliphatic carbocycles. The van der Waals surface area contributed by atoms with Crippen molar-refractivity contribution in [3.63, 3.8) is 0 Å². The minimum atomic E-state index is -3.39. The van der Waals surface area contributed by atoms with E-state index in [9.17, 15) is 22.0 Å². The van der Waals surface area contributed by atoms with Crippen molar-refractivity contribution in [2.24, 2.45) is 0 Å². The SMILES string of the molecule is CS(=O)(=O)c1cccc(NC(=O)/C=C/c2ccccc2OC(F)F)c1. The van der Waals surface area contributed by atoms with E-state index in [1.54, 1.807) is 6.07 Å². The third-order valence-electron chi connectivity index (χ3n) is 3.08. The van der Waals surface area contributed by atoms with Gasteiger partial charge in [0, 0.05) is 23.6 Å². The van der Waals surface area contributed by atoms with Crippen LogP contribution in [0.25, 0.3) is 6.08 Å². The van der Waals surface area contributed by atoms with Crippen molar-refractivity contribution >= 4 is 27.5 Å². The Bertz CT molecular complexity index is 895. The number of para-hydroxylation sites is 1. The molecule has 0 radical (unpaired) electrons. The molecule has 0 fully saturated rings. The second kappa shape index (κ2) is 7.89. The van der Waals surface area contributed by atoms with Gasteiger partial charge in [0.15, 0.2) is 9.84 Å². The third kappa shape index (κ3) is 5.68. The number of benzene rings is 2. The number of amides is 1. The maximum atomic E-state index is 12.3. The first-order valence-electron chi connectivity index (χ1n) is 7.09. The fraction of sp³-hybridized carbons (Fsp3) is 0.118. The van der Waals surface area contributed by atoms with Crippen LogP contribution in [0.1, 0.15) is 5.56 Å². The molecule has 8 heteroatoms. The molecule has 132 valence electrons. The summed E-state index contributed by atoms with van der Waals surface area (Å²) in [5.74, 6) is -0.599. The van der Waals surface area contributed by atoms with Gasteiger partial charge >= 0.3 is 6.61 Å². The Morgan fingerprint density at radius 3 is 2.56 bits per heavy atom. The molecule has 0 unspecified atom stereocenters. The molecule has 5 nitrogen and oxygen atoms in total. The van der Waals surface area contributed by atoms with Crippen LogP contribution >= 0.6 is 0 Å². The highest BCUT2D eigenvalue weighted by Gasteiger charge is 2.09. The smallest absolute Gasteiger partial charge is 0.387 e. The molecular formula is C17H15F2NO4S. The normalized spacial score (nSPS) is 11.7. The standard InChI is InChI=1S/C17H15F2NO4S/c1-25(22,23)14-7-4-6-13(11-14)20-16(21)10-9-12-5-2-3-8-15(12)24-17(18)19/h2-11,17H,1H3,(H,20,21)/b10-9+. The second-order valence-electron chi connectivity index (χ2n) is 5.04. The van der Waals surface area contributed by atoms with Crippen molar-refractivity contribution in [1.29, 1.82) is 0 Å². The molecule has 1 N–H and O–H groups in total. The van der Waals surface area contributed by atoms with Gasteiger partial charge in [-0.05, 0) is 30.3 Å². The number of sulfone groups is 1. The van der Waals surface area contributed by atoms with E-state index in [1.807, 2.05) is 0 Å². The molecule has 0 spiro atoms. The number of halogens is 2. The molecular weight excluding hydrogens is 352 g/mol. The quantitative estimate of drug-likeness (QED) is 0.795. The van der Waals surface area contributed by atoms with Gasteiger partial charge in [-0.15, -0.1) is 0 Å². The molecule has 1 amide bonds. The molecule has 0 saturated heterocycles. The van der Waals surface area contributed by atoms with Crippen molar-refractivity contribution in [2.75, 3.05) is 11.6 Å². The summed E-state index contributed by atoms with van der Waals surface area (Å²) in [6.45, 7) is -2.97. The first kappa shape index (κ1) is 18.6. The Morgan fingerprint density at radius 1 is 1.16 bits per heavy atom. The molecule has 0 aliphatic rings. The van der Waals surface area contributed by atoms with E-state index >= 15 is 0 Å². The van der Waals surface area contributed by atoms with Crippen LogP contribution in [-0.4, -0.2) is 27.2 Å². The fourth-order valence-corrected chi connectivity index (χ4v) is 2.64. The first-order chi connectivity index (χ1) is 11.8. The summed E-state index contributed by atoms with van der Waals surface area (Å²) in [7, 11) is -3.39. The Morgan fingerprint density at radius 2 is 1.88 bits per heavy atom. The minimum Gasteiger partial charge on any atom is -0.434 e. The van der Waals surface area contributed by atoms with Crippen molar-refractivity contribution < 1.29 is 26.7 Å². The molecule has 0 bridgehead atoms. The zero-order chi connectivity index (χ0) is 18.4. The Labute approximate surface area is 143 Å². The van der Waals surface area contributed by atoms with E-state index in [0.717, 1.165) is 12.3 Å². The van der Waals surface area contributed by atoms with Crippen molar-refractivity contribution in [1.82, 2.24) is 0 Å². The molecule has 0 aliphatic heterocycles. The number of carbonyl (C=O) groups excluding carboxylic acids is 1. The number of carbonyl (C=O) groups is 1. The molecule has 2 rings (SSSR count). The molecule has 0 aromatic heterocycles. The summed E-state index contributed by atoms with van der Waals surface area (Å²) < 4.78 is 52.1. The van der Waals surface area contributed by atoms with E-state index in [4.69, 9.17) is 0 Å². The molecule has 0 heterocycles. The van der Waals surface area contributed by atoms with Crippen molar-refractivity contribution in [2.45, 2.75) is 11.5 Å². The predicted octanol–water partition coefficient (Wildman–Crippen LogP) is 3.34. The first-order valence-corrected chi connectivity index (χ1v) is 8.98. The van der Waals surface area contributed by atoms with Gasteiger partial charge in [0.25, 0.3) is 0 Å².